The van der Waals surface area contributed by atoms with Crippen molar-refractivity contribution in [3.05, 3.63) is 0 Å². The number of carbonyl (C=O) groups is 1. The van der Waals surface area contributed by atoms with Gasteiger partial charge < -0.3 is 25.4 Å². The molecule has 0 aliphatic carbocycles. The number of rotatable bonds is 5. The molecule has 118 valence electrons. The Labute approximate surface area is 127 Å². The molecule has 0 radical (unpaired) electrons. The summed E-state index contributed by atoms with van der Waals surface area (Å²) < 4.78 is 5.69. The lowest BCUT2D eigenvalue weighted by molar-refractivity contribution is -0.204. The Bertz CT molecular complexity index is 331. The van der Waals surface area contributed by atoms with Crippen molar-refractivity contribution in [3.8, 4) is 0 Å². The summed E-state index contributed by atoms with van der Waals surface area (Å²) >= 11 is 2.78. The Balaban J connectivity index is 2.95. The maximum Gasteiger partial charge on any atom is 0.217 e. The average Bonchev–Trinajstić information content (AvgIpc) is 2.42. The first-order valence-electron chi connectivity index (χ1n) is 6.35. The minimum absolute atomic E-state index is 0.0106. The summed E-state index contributed by atoms with van der Waals surface area (Å²) in [6.07, 6.45) is -0.820. The first kappa shape index (κ1) is 18.1. The van der Waals surface area contributed by atoms with Gasteiger partial charge in [0, 0.05) is 12.2 Å². The lowest BCUT2D eigenvalue weighted by Gasteiger charge is -2.44. The van der Waals surface area contributed by atoms with Crippen LogP contribution in [-0.4, -0.2) is 74.9 Å². The molecule has 5 unspecified atom stereocenters. The Hall–Kier alpha value is 0.01000. The van der Waals surface area contributed by atoms with Crippen LogP contribution in [0.1, 0.15) is 13.8 Å². The zero-order chi connectivity index (χ0) is 15.4. The first-order chi connectivity index (χ1) is 9.33. The molecule has 0 aromatic carbocycles. The predicted octanol–water partition coefficient (Wildman–Crippen LogP) is -0.587. The fourth-order valence-corrected chi connectivity index (χ4v) is 3.41. The second-order valence-electron chi connectivity index (χ2n) is 4.84. The quantitative estimate of drug-likeness (QED) is 0.536. The van der Waals surface area contributed by atoms with Crippen molar-refractivity contribution in [2.24, 2.45) is 0 Å². The van der Waals surface area contributed by atoms with Crippen molar-refractivity contribution in [2.45, 2.75) is 55.0 Å². The second-order valence-corrected chi connectivity index (χ2v) is 6.99. The number of amides is 1. The molecule has 1 fully saturated rings. The smallest absolute Gasteiger partial charge is 0.217 e. The Morgan fingerprint density at radius 2 is 1.80 bits per heavy atom. The monoisotopic (exact) mass is 325 g/mol. The zero-order valence-electron chi connectivity index (χ0n) is 12.0. The molecule has 1 aliphatic heterocycles. The molecular formula is C12H23NO5S2. The molecule has 1 aliphatic rings. The maximum atomic E-state index is 11.3. The molecule has 0 aromatic rings. The number of ether oxygens (including phenoxy) is 1. The number of nitrogens with one attached hydrogen (secondary N) is 1. The predicted molar refractivity (Wildman–Crippen MR) is 80.8 cm³/mol. The highest BCUT2D eigenvalue weighted by Gasteiger charge is 2.47. The van der Waals surface area contributed by atoms with Crippen molar-refractivity contribution in [3.63, 3.8) is 0 Å². The van der Waals surface area contributed by atoms with E-state index in [1.165, 1.54) is 30.4 Å². The number of hydrogen-bond acceptors (Lipinski definition) is 7. The average molecular weight is 325 g/mol. The van der Waals surface area contributed by atoms with Crippen LogP contribution in [-0.2, 0) is 9.53 Å². The standard InChI is InChI=1S/C12H23NO5S2/c1-5(19-3)7(13-6(2)14)11-9(16)8(15)10(17)12(18-11)20-4/h5,7-12,15-17H,1-4H3,(H,13,14)/t5-,7+,8?,9?,10?,11?,12?/m1/s1. The number of aliphatic hydroxyl groups is 3. The third kappa shape index (κ3) is 4.02. The molecule has 7 atom stereocenters. The normalized spacial score (nSPS) is 37.2. The molecule has 1 amide bonds. The number of thioether (sulfide) groups is 2. The van der Waals surface area contributed by atoms with E-state index in [9.17, 15) is 20.1 Å². The highest BCUT2D eigenvalue weighted by molar-refractivity contribution is 7.99. The van der Waals surface area contributed by atoms with Crippen LogP contribution in [0.2, 0.25) is 0 Å². The molecule has 6 nitrogen and oxygen atoms in total. The molecule has 0 bridgehead atoms. The van der Waals surface area contributed by atoms with Crippen molar-refractivity contribution in [1.29, 1.82) is 0 Å². The van der Waals surface area contributed by atoms with Crippen LogP contribution in [0.15, 0.2) is 0 Å². The van der Waals surface area contributed by atoms with Crippen LogP contribution in [0.3, 0.4) is 0 Å². The first-order valence-corrected chi connectivity index (χ1v) is 8.93. The summed E-state index contributed by atoms with van der Waals surface area (Å²) in [4.78, 5) is 11.3. The Morgan fingerprint density at radius 1 is 1.20 bits per heavy atom. The Kier molecular flexibility index (Phi) is 7.10. The molecule has 4 N–H and O–H groups in total. The van der Waals surface area contributed by atoms with Gasteiger partial charge in [-0.1, -0.05) is 6.92 Å². The van der Waals surface area contributed by atoms with Crippen LogP contribution in [0.5, 0.6) is 0 Å². The van der Waals surface area contributed by atoms with Gasteiger partial charge in [0.2, 0.25) is 5.91 Å². The number of hydrogen-bond donors (Lipinski definition) is 4. The van der Waals surface area contributed by atoms with Gasteiger partial charge in [0.15, 0.2) is 0 Å². The summed E-state index contributed by atoms with van der Waals surface area (Å²) in [6, 6.07) is -0.450. The minimum Gasteiger partial charge on any atom is -0.388 e. The van der Waals surface area contributed by atoms with Crippen molar-refractivity contribution < 1.29 is 24.9 Å². The lowest BCUT2D eigenvalue weighted by atomic mass is 9.93. The van der Waals surface area contributed by atoms with Crippen LogP contribution in [0.4, 0.5) is 0 Å². The lowest BCUT2D eigenvalue weighted by Crippen LogP contribution is -2.64. The summed E-state index contributed by atoms with van der Waals surface area (Å²) in [5, 5.41) is 32.7. The molecule has 1 heterocycles. The fourth-order valence-electron chi connectivity index (χ4n) is 2.21. The van der Waals surface area contributed by atoms with Crippen molar-refractivity contribution in [2.75, 3.05) is 12.5 Å². The van der Waals surface area contributed by atoms with E-state index < -0.39 is 35.9 Å². The number of aliphatic hydroxyl groups excluding tert-OH is 3. The van der Waals surface area contributed by atoms with Crippen molar-refractivity contribution >= 4 is 29.4 Å². The van der Waals surface area contributed by atoms with Gasteiger partial charge in [-0.25, -0.2) is 0 Å². The van der Waals surface area contributed by atoms with E-state index in [4.69, 9.17) is 4.74 Å². The van der Waals surface area contributed by atoms with E-state index in [0.29, 0.717) is 0 Å². The Morgan fingerprint density at radius 3 is 2.25 bits per heavy atom. The SMILES string of the molecule is CSC1OC([C@@H](NC(C)=O)[C@@H](C)SC)C(O)C(O)C1O. The largest absolute Gasteiger partial charge is 0.388 e. The van der Waals surface area contributed by atoms with E-state index in [0.717, 1.165) is 0 Å². The summed E-state index contributed by atoms with van der Waals surface area (Å²) in [7, 11) is 0. The summed E-state index contributed by atoms with van der Waals surface area (Å²) in [6.45, 7) is 3.31. The zero-order valence-corrected chi connectivity index (χ0v) is 13.6. The van der Waals surface area contributed by atoms with Gasteiger partial charge in [0.1, 0.15) is 29.9 Å². The molecule has 1 saturated heterocycles. The second kappa shape index (κ2) is 7.86. The van der Waals surface area contributed by atoms with Gasteiger partial charge in [-0.2, -0.15) is 11.8 Å². The van der Waals surface area contributed by atoms with Gasteiger partial charge in [-0.3, -0.25) is 4.79 Å². The van der Waals surface area contributed by atoms with E-state index in [2.05, 4.69) is 5.32 Å². The molecule has 20 heavy (non-hydrogen) atoms. The van der Waals surface area contributed by atoms with Crippen LogP contribution in [0.25, 0.3) is 0 Å². The summed E-state index contributed by atoms with van der Waals surface area (Å²) in [5.41, 5.74) is -0.635. The minimum atomic E-state index is -1.29. The molecular weight excluding hydrogens is 302 g/mol. The van der Waals surface area contributed by atoms with E-state index in [1.54, 1.807) is 6.26 Å². The van der Waals surface area contributed by atoms with Crippen molar-refractivity contribution in [1.82, 2.24) is 5.32 Å². The molecule has 1 rings (SSSR count). The van der Waals surface area contributed by atoms with Gasteiger partial charge in [-0.05, 0) is 12.5 Å². The highest BCUT2D eigenvalue weighted by Crippen LogP contribution is 2.30. The van der Waals surface area contributed by atoms with Gasteiger partial charge in [0.25, 0.3) is 0 Å². The van der Waals surface area contributed by atoms with Crippen LogP contribution in [0, 0.1) is 0 Å². The summed E-state index contributed by atoms with van der Waals surface area (Å²) in [5.74, 6) is -0.229. The molecule has 0 saturated carbocycles. The third-order valence-electron chi connectivity index (χ3n) is 3.44. The van der Waals surface area contributed by atoms with E-state index in [1.807, 2.05) is 13.2 Å². The third-order valence-corrected chi connectivity index (χ3v) is 5.33. The highest BCUT2D eigenvalue weighted by atomic mass is 32.2. The van der Waals surface area contributed by atoms with Gasteiger partial charge in [0.05, 0.1) is 6.04 Å². The topological polar surface area (TPSA) is 99.0 Å². The van der Waals surface area contributed by atoms with Crippen LogP contribution < -0.4 is 5.32 Å². The van der Waals surface area contributed by atoms with Crippen LogP contribution >= 0.6 is 23.5 Å². The fraction of sp³-hybridized carbons (Fsp3) is 0.917. The van der Waals surface area contributed by atoms with Gasteiger partial charge in [-0.15, -0.1) is 11.8 Å². The number of carbonyl (C=O) groups excluding carboxylic acids is 1. The molecule has 8 heteroatoms. The molecule has 0 aromatic heterocycles. The van der Waals surface area contributed by atoms with E-state index >= 15 is 0 Å². The maximum absolute atomic E-state index is 11.3. The van der Waals surface area contributed by atoms with E-state index in [-0.39, 0.29) is 11.2 Å². The molecule has 0 spiro atoms. The van der Waals surface area contributed by atoms with Gasteiger partial charge >= 0.3 is 0 Å².